The Balaban J connectivity index is 2.34. The zero-order chi connectivity index (χ0) is 10.1. The average molecular weight is 338 g/mol. The van der Waals surface area contributed by atoms with E-state index in [1.54, 1.807) is 6.21 Å². The highest BCUT2D eigenvalue weighted by Crippen LogP contribution is 2.38. The Morgan fingerprint density at radius 1 is 1.50 bits per heavy atom. The van der Waals surface area contributed by atoms with E-state index in [0.29, 0.717) is 6.42 Å². The minimum Gasteiger partial charge on any atom is -0.273 e. The smallest absolute Gasteiger partial charge is 0.248 e. The van der Waals surface area contributed by atoms with Crippen LogP contribution in [0.2, 0.25) is 0 Å². The van der Waals surface area contributed by atoms with E-state index in [1.165, 1.54) is 16.3 Å². The molecule has 0 aliphatic carbocycles. The number of thiophene rings is 1. The first-order valence-electron chi connectivity index (χ1n) is 3.98. The van der Waals surface area contributed by atoms with Crippen LogP contribution in [0, 0.1) is 0 Å². The average Bonchev–Trinajstić information content (AvgIpc) is 2.48. The van der Waals surface area contributed by atoms with Crippen molar-refractivity contribution in [2.45, 2.75) is 12.8 Å². The summed E-state index contributed by atoms with van der Waals surface area (Å²) in [5, 5.41) is 6.35. The van der Waals surface area contributed by atoms with Crippen LogP contribution >= 0.6 is 43.2 Å². The van der Waals surface area contributed by atoms with Crippen molar-refractivity contribution in [2.75, 3.05) is 5.01 Å². The molecule has 0 bridgehead atoms. The molecule has 0 fully saturated rings. The van der Waals surface area contributed by atoms with E-state index >= 15 is 0 Å². The second kappa shape index (κ2) is 4.12. The maximum absolute atomic E-state index is 11.5. The highest BCUT2D eigenvalue weighted by atomic mass is 79.9. The van der Waals surface area contributed by atoms with E-state index in [9.17, 15) is 4.79 Å². The Labute approximate surface area is 102 Å². The molecule has 0 aromatic carbocycles. The highest BCUT2D eigenvalue weighted by molar-refractivity contribution is 9.13. The Morgan fingerprint density at radius 3 is 2.86 bits per heavy atom. The summed E-state index contributed by atoms with van der Waals surface area (Å²) < 4.78 is 1.92. The number of amides is 1. The van der Waals surface area contributed by atoms with E-state index in [4.69, 9.17) is 0 Å². The van der Waals surface area contributed by atoms with Crippen molar-refractivity contribution in [3.63, 3.8) is 0 Å². The van der Waals surface area contributed by atoms with E-state index in [0.717, 1.165) is 19.7 Å². The Morgan fingerprint density at radius 2 is 2.29 bits per heavy atom. The first-order valence-corrected chi connectivity index (χ1v) is 6.39. The number of carbonyl (C=O) groups is 1. The van der Waals surface area contributed by atoms with Crippen LogP contribution in [-0.2, 0) is 4.79 Å². The van der Waals surface area contributed by atoms with Gasteiger partial charge in [0, 0.05) is 17.1 Å². The number of hydrogen-bond acceptors (Lipinski definition) is 3. The summed E-state index contributed by atoms with van der Waals surface area (Å²) in [6, 6.07) is 1.88. The van der Waals surface area contributed by atoms with Crippen LogP contribution in [0.5, 0.6) is 0 Å². The maximum Gasteiger partial charge on any atom is 0.248 e. The van der Waals surface area contributed by atoms with Gasteiger partial charge in [-0.3, -0.25) is 4.79 Å². The summed E-state index contributed by atoms with van der Waals surface area (Å²) in [5.41, 5.74) is 0. The van der Waals surface area contributed by atoms with E-state index in [1.807, 2.05) is 6.07 Å². The van der Waals surface area contributed by atoms with Crippen molar-refractivity contribution in [3.05, 3.63) is 14.3 Å². The van der Waals surface area contributed by atoms with Crippen molar-refractivity contribution in [1.29, 1.82) is 0 Å². The van der Waals surface area contributed by atoms with Gasteiger partial charge in [-0.25, -0.2) is 0 Å². The van der Waals surface area contributed by atoms with E-state index < -0.39 is 0 Å². The molecule has 1 aromatic rings. The molecule has 0 unspecified atom stereocenters. The highest BCUT2D eigenvalue weighted by Gasteiger charge is 2.20. The zero-order valence-corrected chi connectivity index (χ0v) is 11.0. The van der Waals surface area contributed by atoms with Crippen molar-refractivity contribution in [1.82, 2.24) is 0 Å². The predicted octanol–water partition coefficient (Wildman–Crippen LogP) is 3.39. The summed E-state index contributed by atoms with van der Waals surface area (Å²) in [6.07, 6.45) is 3.04. The van der Waals surface area contributed by atoms with Crippen LogP contribution in [0.25, 0.3) is 0 Å². The molecular weight excluding hydrogens is 332 g/mol. The van der Waals surface area contributed by atoms with Crippen molar-refractivity contribution in [3.8, 4) is 0 Å². The lowest BCUT2D eigenvalue weighted by molar-refractivity contribution is -0.118. The Bertz CT molecular complexity index is 383. The van der Waals surface area contributed by atoms with Crippen LogP contribution in [0.15, 0.2) is 19.4 Å². The molecule has 74 valence electrons. The largest absolute Gasteiger partial charge is 0.273 e. The molecule has 2 heterocycles. The van der Waals surface area contributed by atoms with Gasteiger partial charge in [-0.05, 0) is 44.3 Å². The van der Waals surface area contributed by atoms with E-state index in [-0.39, 0.29) is 5.91 Å². The first kappa shape index (κ1) is 10.3. The molecule has 0 spiro atoms. The molecule has 1 aromatic heterocycles. The van der Waals surface area contributed by atoms with Crippen molar-refractivity contribution < 1.29 is 4.79 Å². The van der Waals surface area contributed by atoms with Crippen LogP contribution in [0.3, 0.4) is 0 Å². The summed E-state index contributed by atoms with van der Waals surface area (Å²) in [6.45, 7) is 0. The van der Waals surface area contributed by atoms with Gasteiger partial charge < -0.3 is 0 Å². The quantitative estimate of drug-likeness (QED) is 0.773. The fourth-order valence-electron chi connectivity index (χ4n) is 1.12. The van der Waals surface area contributed by atoms with Gasteiger partial charge in [-0.1, -0.05) is 0 Å². The molecule has 0 saturated carbocycles. The third kappa shape index (κ3) is 1.92. The third-order valence-corrected chi connectivity index (χ3v) is 4.99. The molecule has 0 N–H and O–H groups in total. The first-order chi connectivity index (χ1) is 6.68. The van der Waals surface area contributed by atoms with Crippen molar-refractivity contribution in [2.24, 2.45) is 5.10 Å². The van der Waals surface area contributed by atoms with Gasteiger partial charge in [-0.2, -0.15) is 10.1 Å². The zero-order valence-electron chi connectivity index (χ0n) is 7.04. The minimum absolute atomic E-state index is 0.0498. The standard InChI is InChI=1S/C8H6Br2N2OS/c9-5-4-7(14-8(5)10)12-6(13)2-1-3-11-12/h3-4H,1-2H2. The molecule has 3 nitrogen and oxygen atoms in total. The van der Waals surface area contributed by atoms with Gasteiger partial charge in [0.05, 0.1) is 3.79 Å². The fraction of sp³-hybridized carbons (Fsp3) is 0.250. The van der Waals surface area contributed by atoms with Gasteiger partial charge in [-0.15, -0.1) is 11.3 Å². The van der Waals surface area contributed by atoms with Gasteiger partial charge in [0.15, 0.2) is 0 Å². The second-order valence-electron chi connectivity index (χ2n) is 2.75. The Hall–Kier alpha value is -0.200. The topological polar surface area (TPSA) is 32.7 Å². The molecule has 0 saturated heterocycles. The van der Waals surface area contributed by atoms with Crippen molar-refractivity contribution >= 4 is 60.3 Å². The molecule has 1 aliphatic heterocycles. The fourth-order valence-corrected chi connectivity index (χ4v) is 3.09. The number of carbonyl (C=O) groups excluding carboxylic acids is 1. The number of nitrogens with zero attached hydrogens (tertiary/aromatic N) is 2. The summed E-state index contributed by atoms with van der Waals surface area (Å²) >= 11 is 8.25. The lowest BCUT2D eigenvalue weighted by Crippen LogP contribution is -2.27. The van der Waals surface area contributed by atoms with Gasteiger partial charge in [0.1, 0.15) is 5.00 Å². The monoisotopic (exact) mass is 336 g/mol. The van der Waals surface area contributed by atoms with Crippen LogP contribution in [0.4, 0.5) is 5.00 Å². The minimum atomic E-state index is 0.0498. The summed E-state index contributed by atoms with van der Waals surface area (Å²) in [4.78, 5) is 11.5. The lowest BCUT2D eigenvalue weighted by atomic mass is 10.3. The maximum atomic E-state index is 11.5. The number of rotatable bonds is 1. The molecule has 0 radical (unpaired) electrons. The van der Waals surface area contributed by atoms with Gasteiger partial charge >= 0.3 is 0 Å². The molecule has 1 aliphatic rings. The molecular formula is C8H6Br2N2OS. The predicted molar refractivity (Wildman–Crippen MR) is 64.9 cm³/mol. The normalized spacial score (nSPS) is 16.4. The van der Waals surface area contributed by atoms with Crippen LogP contribution in [-0.4, -0.2) is 12.1 Å². The number of hydrogen-bond donors (Lipinski definition) is 0. The molecule has 0 atom stereocenters. The lowest BCUT2D eigenvalue weighted by Gasteiger charge is -2.17. The third-order valence-electron chi connectivity index (χ3n) is 1.76. The number of hydrazone groups is 1. The number of anilines is 1. The van der Waals surface area contributed by atoms with E-state index in [2.05, 4.69) is 37.0 Å². The van der Waals surface area contributed by atoms with Gasteiger partial charge in [0.25, 0.3) is 0 Å². The molecule has 1 amide bonds. The number of halogens is 2. The van der Waals surface area contributed by atoms with Crippen LogP contribution < -0.4 is 5.01 Å². The molecule has 2 rings (SSSR count). The molecule has 14 heavy (non-hydrogen) atoms. The van der Waals surface area contributed by atoms with Gasteiger partial charge in [0.2, 0.25) is 5.91 Å². The summed E-state index contributed by atoms with van der Waals surface area (Å²) in [7, 11) is 0. The SMILES string of the molecule is O=C1CCC=NN1c1cc(Br)c(Br)s1. The van der Waals surface area contributed by atoms with Crippen LogP contribution in [0.1, 0.15) is 12.8 Å². The molecule has 6 heteroatoms. The second-order valence-corrected chi connectivity index (χ2v) is 5.95. The Kier molecular flexibility index (Phi) is 3.04. The summed E-state index contributed by atoms with van der Waals surface area (Å²) in [5.74, 6) is 0.0498.